The first kappa shape index (κ1) is 12.9. The lowest BCUT2D eigenvalue weighted by Crippen LogP contribution is -2.00. The van der Waals surface area contributed by atoms with Crippen LogP contribution in [0.4, 0.5) is 5.82 Å². The normalized spacial score (nSPS) is 10.7. The molecule has 0 amide bonds. The summed E-state index contributed by atoms with van der Waals surface area (Å²) in [6, 6.07) is 1.91. The number of anilines is 1. The zero-order valence-electron chi connectivity index (χ0n) is 10.9. The van der Waals surface area contributed by atoms with Gasteiger partial charge < -0.3 is 9.73 Å². The summed E-state index contributed by atoms with van der Waals surface area (Å²) >= 11 is 1.51. The van der Waals surface area contributed by atoms with Gasteiger partial charge in [-0.05, 0) is 20.8 Å². The molecule has 18 heavy (non-hydrogen) atoms. The Morgan fingerprint density at radius 1 is 1.22 bits per heavy atom. The molecule has 5 nitrogen and oxygen atoms in total. The number of nitrogens with one attached hydrogen (secondary N) is 1. The van der Waals surface area contributed by atoms with Crippen LogP contribution in [0.3, 0.4) is 0 Å². The summed E-state index contributed by atoms with van der Waals surface area (Å²) in [6.07, 6.45) is 0. The summed E-state index contributed by atoms with van der Waals surface area (Å²) in [5, 5.41) is 3.69. The average molecular weight is 264 g/mol. The molecule has 0 unspecified atom stereocenters. The highest BCUT2D eigenvalue weighted by Gasteiger charge is 2.08. The van der Waals surface area contributed by atoms with Crippen LogP contribution in [0.15, 0.2) is 15.7 Å². The van der Waals surface area contributed by atoms with Gasteiger partial charge in [0.25, 0.3) is 5.22 Å². The van der Waals surface area contributed by atoms with Crippen LogP contribution in [0.1, 0.15) is 23.0 Å². The van der Waals surface area contributed by atoms with Crippen LogP contribution in [0.2, 0.25) is 0 Å². The van der Waals surface area contributed by atoms with E-state index in [0.717, 1.165) is 28.8 Å². The van der Waals surface area contributed by atoms with Crippen molar-refractivity contribution in [1.82, 2.24) is 15.0 Å². The van der Waals surface area contributed by atoms with Crippen molar-refractivity contribution in [3.63, 3.8) is 0 Å². The van der Waals surface area contributed by atoms with E-state index in [1.165, 1.54) is 11.8 Å². The van der Waals surface area contributed by atoms with Gasteiger partial charge in [0.05, 0.1) is 11.4 Å². The minimum atomic E-state index is 0.649. The quantitative estimate of drug-likeness (QED) is 0.857. The molecule has 96 valence electrons. The van der Waals surface area contributed by atoms with Gasteiger partial charge in [-0.2, -0.15) is 0 Å². The maximum absolute atomic E-state index is 5.50. The fourth-order valence-electron chi connectivity index (χ4n) is 1.45. The van der Waals surface area contributed by atoms with Crippen LogP contribution in [0, 0.1) is 20.8 Å². The molecule has 0 fully saturated rings. The third-order valence-corrected chi connectivity index (χ3v) is 3.31. The number of aromatic nitrogens is 3. The lowest BCUT2D eigenvalue weighted by molar-refractivity contribution is 0.431. The maximum Gasteiger partial charge on any atom is 0.256 e. The Balaban J connectivity index is 2.07. The molecule has 0 aliphatic carbocycles. The zero-order valence-corrected chi connectivity index (χ0v) is 11.8. The molecule has 0 spiro atoms. The second-order valence-electron chi connectivity index (χ2n) is 3.97. The molecular weight excluding hydrogens is 248 g/mol. The molecule has 2 heterocycles. The molecule has 0 bridgehead atoms. The molecule has 2 aromatic rings. The van der Waals surface area contributed by atoms with Crippen LogP contribution in [-0.4, -0.2) is 22.0 Å². The highest BCUT2D eigenvalue weighted by molar-refractivity contribution is 7.98. The Labute approximate surface area is 110 Å². The molecule has 2 aromatic heterocycles. The van der Waals surface area contributed by atoms with Crippen molar-refractivity contribution in [2.45, 2.75) is 31.7 Å². The van der Waals surface area contributed by atoms with Crippen LogP contribution < -0.4 is 5.32 Å². The van der Waals surface area contributed by atoms with E-state index in [1.54, 1.807) is 0 Å². The predicted octanol–water partition coefficient (Wildman–Crippen LogP) is 2.72. The molecule has 0 radical (unpaired) electrons. The SMILES string of the molecule is CNc1cc(C)nc(CSc2nc(C)c(C)o2)n1. The van der Waals surface area contributed by atoms with E-state index in [-0.39, 0.29) is 0 Å². The van der Waals surface area contributed by atoms with E-state index in [2.05, 4.69) is 20.3 Å². The van der Waals surface area contributed by atoms with Crippen molar-refractivity contribution in [2.75, 3.05) is 12.4 Å². The summed E-state index contributed by atoms with van der Waals surface area (Å²) in [7, 11) is 1.85. The second-order valence-corrected chi connectivity index (χ2v) is 4.90. The van der Waals surface area contributed by atoms with Gasteiger partial charge in [-0.1, -0.05) is 11.8 Å². The van der Waals surface area contributed by atoms with Gasteiger partial charge in [0.1, 0.15) is 17.4 Å². The van der Waals surface area contributed by atoms with Crippen molar-refractivity contribution in [2.24, 2.45) is 0 Å². The van der Waals surface area contributed by atoms with Crippen LogP contribution in [0.25, 0.3) is 0 Å². The zero-order chi connectivity index (χ0) is 13.1. The highest BCUT2D eigenvalue weighted by atomic mass is 32.2. The first-order chi connectivity index (χ1) is 8.58. The molecule has 1 N–H and O–H groups in total. The number of aryl methyl sites for hydroxylation is 3. The van der Waals surface area contributed by atoms with Gasteiger partial charge in [0.15, 0.2) is 0 Å². The second kappa shape index (κ2) is 5.39. The predicted molar refractivity (Wildman–Crippen MR) is 71.9 cm³/mol. The summed E-state index contributed by atoms with van der Waals surface area (Å²) in [5.74, 6) is 3.12. The van der Waals surface area contributed by atoms with Crippen molar-refractivity contribution >= 4 is 17.6 Å². The smallest absolute Gasteiger partial charge is 0.256 e. The van der Waals surface area contributed by atoms with E-state index >= 15 is 0 Å². The van der Waals surface area contributed by atoms with Gasteiger partial charge in [0, 0.05) is 18.8 Å². The molecule has 0 saturated heterocycles. The lowest BCUT2D eigenvalue weighted by Gasteiger charge is -2.03. The number of hydrogen-bond acceptors (Lipinski definition) is 6. The van der Waals surface area contributed by atoms with Gasteiger partial charge >= 0.3 is 0 Å². The van der Waals surface area contributed by atoms with E-state index in [1.807, 2.05) is 33.9 Å². The Bertz CT molecular complexity index is 534. The summed E-state index contributed by atoms with van der Waals surface area (Å²) in [6.45, 7) is 5.80. The first-order valence-corrected chi connectivity index (χ1v) is 6.66. The largest absolute Gasteiger partial charge is 0.437 e. The van der Waals surface area contributed by atoms with Crippen LogP contribution in [-0.2, 0) is 5.75 Å². The molecule has 0 aliphatic rings. The lowest BCUT2D eigenvalue weighted by atomic mass is 10.4. The van der Waals surface area contributed by atoms with Crippen molar-refractivity contribution in [1.29, 1.82) is 0 Å². The first-order valence-electron chi connectivity index (χ1n) is 5.67. The molecule has 0 atom stereocenters. The van der Waals surface area contributed by atoms with E-state index in [9.17, 15) is 0 Å². The van der Waals surface area contributed by atoms with E-state index in [0.29, 0.717) is 11.0 Å². The van der Waals surface area contributed by atoms with Gasteiger partial charge in [-0.3, -0.25) is 0 Å². The molecular formula is C12H16N4OS. The Kier molecular flexibility index (Phi) is 3.86. The minimum Gasteiger partial charge on any atom is -0.437 e. The fourth-order valence-corrected chi connectivity index (χ4v) is 2.22. The highest BCUT2D eigenvalue weighted by Crippen LogP contribution is 2.23. The summed E-state index contributed by atoms with van der Waals surface area (Å²) in [4.78, 5) is 13.1. The molecule has 6 heteroatoms. The third kappa shape index (κ3) is 3.01. The van der Waals surface area contributed by atoms with E-state index in [4.69, 9.17) is 4.42 Å². The number of thioether (sulfide) groups is 1. The minimum absolute atomic E-state index is 0.649. The number of oxazole rings is 1. The van der Waals surface area contributed by atoms with Crippen molar-refractivity contribution in [3.8, 4) is 0 Å². The summed E-state index contributed by atoms with van der Waals surface area (Å²) in [5.41, 5.74) is 1.88. The Morgan fingerprint density at radius 2 is 2.00 bits per heavy atom. The number of hydrogen-bond donors (Lipinski definition) is 1. The number of nitrogens with zero attached hydrogens (tertiary/aromatic N) is 3. The Morgan fingerprint density at radius 3 is 2.61 bits per heavy atom. The third-order valence-electron chi connectivity index (χ3n) is 2.49. The van der Waals surface area contributed by atoms with E-state index < -0.39 is 0 Å². The fraction of sp³-hybridized carbons (Fsp3) is 0.417. The van der Waals surface area contributed by atoms with Crippen LogP contribution >= 0.6 is 11.8 Å². The van der Waals surface area contributed by atoms with Crippen LogP contribution in [0.5, 0.6) is 0 Å². The number of rotatable bonds is 4. The molecule has 0 aromatic carbocycles. The molecule has 0 saturated carbocycles. The topological polar surface area (TPSA) is 63.8 Å². The monoisotopic (exact) mass is 264 g/mol. The average Bonchev–Trinajstić information content (AvgIpc) is 2.65. The molecule has 2 rings (SSSR count). The maximum atomic E-state index is 5.50. The van der Waals surface area contributed by atoms with Gasteiger partial charge in [-0.15, -0.1) is 0 Å². The van der Waals surface area contributed by atoms with Gasteiger partial charge in [-0.25, -0.2) is 15.0 Å². The van der Waals surface area contributed by atoms with Crippen molar-refractivity contribution < 1.29 is 4.42 Å². The Hall–Kier alpha value is -1.56. The standard InChI is InChI=1S/C12H16N4OS/c1-7-5-10(13-4)16-11(14-7)6-18-12-15-8(2)9(3)17-12/h5H,6H2,1-4H3,(H,13,14,16). The summed E-state index contributed by atoms with van der Waals surface area (Å²) < 4.78 is 5.50. The molecule has 0 aliphatic heterocycles. The van der Waals surface area contributed by atoms with Gasteiger partial charge in [0.2, 0.25) is 0 Å². The van der Waals surface area contributed by atoms with Crippen molar-refractivity contribution in [3.05, 3.63) is 29.0 Å².